The summed E-state index contributed by atoms with van der Waals surface area (Å²) in [6.45, 7) is 6.23. The van der Waals surface area contributed by atoms with Crippen molar-refractivity contribution in [2.45, 2.75) is 71.0 Å². The summed E-state index contributed by atoms with van der Waals surface area (Å²) in [4.78, 5) is 35.2. The predicted octanol–water partition coefficient (Wildman–Crippen LogP) is 4.83. The van der Waals surface area contributed by atoms with Crippen molar-refractivity contribution in [1.82, 2.24) is 24.6 Å². The van der Waals surface area contributed by atoms with Crippen LogP contribution in [-0.2, 0) is 4.79 Å². The van der Waals surface area contributed by atoms with Crippen molar-refractivity contribution >= 4 is 23.5 Å². The Morgan fingerprint density at radius 3 is 2.58 bits per heavy atom. The van der Waals surface area contributed by atoms with Gasteiger partial charge in [0, 0.05) is 36.0 Å². The molecule has 0 radical (unpaired) electrons. The number of carbonyl (C=O) groups excluding carboxylic acids is 1. The SMILES string of the molecule is Cc1cnc(Nc2cnn(C(C)CC3CCC(C)N3C(=O)C3CC3)c2)nc1-c1ccc(C(=O)O)cc1. The third-order valence-corrected chi connectivity index (χ3v) is 7.27. The van der Waals surface area contributed by atoms with E-state index in [-0.39, 0.29) is 23.6 Å². The van der Waals surface area contributed by atoms with Gasteiger partial charge in [-0.1, -0.05) is 12.1 Å². The summed E-state index contributed by atoms with van der Waals surface area (Å²) in [5, 5.41) is 16.9. The van der Waals surface area contributed by atoms with E-state index in [0.717, 1.165) is 54.6 Å². The van der Waals surface area contributed by atoms with Crippen LogP contribution in [0.5, 0.6) is 0 Å². The van der Waals surface area contributed by atoms with Crippen molar-refractivity contribution in [3.63, 3.8) is 0 Å². The third-order valence-electron chi connectivity index (χ3n) is 7.27. The molecule has 0 spiro atoms. The molecule has 5 rings (SSSR count). The van der Waals surface area contributed by atoms with Gasteiger partial charge in [-0.15, -0.1) is 0 Å². The van der Waals surface area contributed by atoms with Gasteiger partial charge in [-0.2, -0.15) is 5.10 Å². The standard InChI is InChI=1S/C27H32N6O3/c1-16-13-28-27(31-24(16)19-5-9-21(10-6-19)26(35)36)30-22-14-29-32(15-22)18(3)12-23-11-4-17(2)33(23)25(34)20-7-8-20/h5-6,9-10,13-15,17-18,20,23H,4,7-8,11-12H2,1-3H3,(H,35,36)(H,28,30,31). The molecule has 1 aliphatic carbocycles. The summed E-state index contributed by atoms with van der Waals surface area (Å²) >= 11 is 0. The number of aromatic carboxylic acids is 1. The molecule has 3 heterocycles. The first-order chi connectivity index (χ1) is 17.3. The zero-order valence-electron chi connectivity index (χ0n) is 20.9. The summed E-state index contributed by atoms with van der Waals surface area (Å²) in [6, 6.07) is 7.38. The van der Waals surface area contributed by atoms with Crippen molar-refractivity contribution in [2.24, 2.45) is 5.92 Å². The summed E-state index contributed by atoms with van der Waals surface area (Å²) in [5.41, 5.74) is 3.47. The second-order valence-corrected chi connectivity index (χ2v) is 10.1. The monoisotopic (exact) mass is 488 g/mol. The van der Waals surface area contributed by atoms with E-state index in [4.69, 9.17) is 5.11 Å². The molecule has 1 saturated heterocycles. The second kappa shape index (κ2) is 9.72. The lowest BCUT2D eigenvalue weighted by atomic mass is 10.1. The molecule has 3 aromatic rings. The molecule has 36 heavy (non-hydrogen) atoms. The van der Waals surface area contributed by atoms with Gasteiger partial charge in [0.1, 0.15) is 0 Å². The van der Waals surface area contributed by atoms with Gasteiger partial charge in [0.15, 0.2) is 0 Å². The van der Waals surface area contributed by atoms with E-state index in [1.54, 1.807) is 36.7 Å². The Morgan fingerprint density at radius 1 is 1.14 bits per heavy atom. The quantitative estimate of drug-likeness (QED) is 0.467. The third kappa shape index (κ3) is 4.96. The maximum atomic E-state index is 12.8. The van der Waals surface area contributed by atoms with E-state index in [1.165, 1.54) is 0 Å². The number of benzene rings is 1. The summed E-state index contributed by atoms with van der Waals surface area (Å²) in [6.07, 6.45) is 10.5. The Labute approximate surface area is 210 Å². The number of carbonyl (C=O) groups is 2. The van der Waals surface area contributed by atoms with Crippen molar-refractivity contribution < 1.29 is 14.7 Å². The minimum absolute atomic E-state index is 0.146. The molecule has 1 amide bonds. The highest BCUT2D eigenvalue weighted by Crippen LogP contribution is 2.37. The molecule has 0 bridgehead atoms. The molecule has 9 nitrogen and oxygen atoms in total. The van der Waals surface area contributed by atoms with Gasteiger partial charge in [-0.25, -0.2) is 14.8 Å². The molecule has 188 valence electrons. The number of carboxylic acid groups (broad SMARTS) is 1. The molecular weight excluding hydrogens is 456 g/mol. The highest BCUT2D eigenvalue weighted by molar-refractivity contribution is 5.88. The minimum Gasteiger partial charge on any atom is -0.478 e. The van der Waals surface area contributed by atoms with Crippen LogP contribution in [0.2, 0.25) is 0 Å². The highest BCUT2D eigenvalue weighted by Gasteiger charge is 2.41. The molecule has 1 saturated carbocycles. The summed E-state index contributed by atoms with van der Waals surface area (Å²) in [5.74, 6) is 0.0680. The first-order valence-corrected chi connectivity index (χ1v) is 12.6. The highest BCUT2D eigenvalue weighted by atomic mass is 16.4. The zero-order chi connectivity index (χ0) is 25.4. The zero-order valence-corrected chi connectivity index (χ0v) is 20.9. The summed E-state index contributed by atoms with van der Waals surface area (Å²) < 4.78 is 1.94. The van der Waals surface area contributed by atoms with Crippen LogP contribution in [0.4, 0.5) is 11.6 Å². The molecular formula is C27H32N6O3. The molecule has 3 unspecified atom stereocenters. The Kier molecular flexibility index (Phi) is 6.47. The molecule has 2 N–H and O–H groups in total. The predicted molar refractivity (Wildman–Crippen MR) is 136 cm³/mol. The van der Waals surface area contributed by atoms with Crippen LogP contribution in [0.1, 0.15) is 67.9 Å². The van der Waals surface area contributed by atoms with E-state index in [0.29, 0.717) is 17.9 Å². The van der Waals surface area contributed by atoms with E-state index in [9.17, 15) is 9.59 Å². The molecule has 9 heteroatoms. The number of aromatic nitrogens is 4. The van der Waals surface area contributed by atoms with Gasteiger partial charge in [0.05, 0.1) is 29.2 Å². The Hall–Kier alpha value is -3.75. The van der Waals surface area contributed by atoms with E-state index in [2.05, 4.69) is 39.1 Å². The largest absolute Gasteiger partial charge is 0.478 e. The van der Waals surface area contributed by atoms with Gasteiger partial charge >= 0.3 is 5.97 Å². The first kappa shape index (κ1) is 24.0. The van der Waals surface area contributed by atoms with Crippen molar-refractivity contribution in [3.05, 3.63) is 54.0 Å². The van der Waals surface area contributed by atoms with E-state index in [1.807, 2.05) is 17.8 Å². The van der Waals surface area contributed by atoms with Crippen LogP contribution in [0.3, 0.4) is 0 Å². The van der Waals surface area contributed by atoms with Crippen molar-refractivity contribution in [2.75, 3.05) is 5.32 Å². The van der Waals surface area contributed by atoms with Gasteiger partial charge < -0.3 is 15.3 Å². The fourth-order valence-corrected chi connectivity index (χ4v) is 5.08. The average Bonchev–Trinajstić information content (AvgIpc) is 3.51. The van der Waals surface area contributed by atoms with Crippen LogP contribution < -0.4 is 5.32 Å². The topological polar surface area (TPSA) is 113 Å². The Balaban J connectivity index is 1.26. The smallest absolute Gasteiger partial charge is 0.335 e. The molecule has 1 aromatic carbocycles. The number of aryl methyl sites for hydroxylation is 1. The van der Waals surface area contributed by atoms with Gasteiger partial charge in [-0.05, 0) is 70.6 Å². The average molecular weight is 489 g/mol. The Morgan fingerprint density at radius 2 is 1.89 bits per heavy atom. The van der Waals surface area contributed by atoms with Crippen LogP contribution in [-0.4, -0.2) is 53.7 Å². The minimum atomic E-state index is -0.959. The molecule has 3 atom stereocenters. The van der Waals surface area contributed by atoms with Crippen LogP contribution in [0.15, 0.2) is 42.9 Å². The van der Waals surface area contributed by atoms with Gasteiger partial charge in [0.2, 0.25) is 11.9 Å². The maximum Gasteiger partial charge on any atom is 0.335 e. The van der Waals surface area contributed by atoms with Crippen LogP contribution in [0, 0.1) is 12.8 Å². The summed E-state index contributed by atoms with van der Waals surface area (Å²) in [7, 11) is 0. The van der Waals surface area contributed by atoms with Gasteiger partial charge in [-0.3, -0.25) is 9.48 Å². The number of hydrogen-bond acceptors (Lipinski definition) is 6. The number of amides is 1. The second-order valence-electron chi connectivity index (χ2n) is 10.1. The first-order valence-electron chi connectivity index (χ1n) is 12.6. The van der Waals surface area contributed by atoms with E-state index < -0.39 is 5.97 Å². The number of nitrogens with zero attached hydrogens (tertiary/aromatic N) is 5. The fourth-order valence-electron chi connectivity index (χ4n) is 5.08. The fraction of sp³-hybridized carbons (Fsp3) is 0.444. The van der Waals surface area contributed by atoms with Crippen molar-refractivity contribution in [1.29, 1.82) is 0 Å². The number of carboxylic acids is 1. The number of likely N-dealkylation sites (tertiary alicyclic amines) is 1. The lowest BCUT2D eigenvalue weighted by molar-refractivity contribution is -0.135. The number of nitrogens with one attached hydrogen (secondary N) is 1. The normalized spacial score (nSPS) is 20.4. The lowest BCUT2D eigenvalue weighted by Gasteiger charge is -2.30. The number of rotatable bonds is 8. The Bertz CT molecular complexity index is 1270. The molecule has 2 aliphatic rings. The number of hydrogen-bond donors (Lipinski definition) is 2. The lowest BCUT2D eigenvalue weighted by Crippen LogP contribution is -2.41. The molecule has 1 aliphatic heterocycles. The van der Waals surface area contributed by atoms with E-state index >= 15 is 0 Å². The van der Waals surface area contributed by atoms with Crippen LogP contribution in [0.25, 0.3) is 11.3 Å². The van der Waals surface area contributed by atoms with Crippen molar-refractivity contribution in [3.8, 4) is 11.3 Å². The molecule has 2 aromatic heterocycles. The maximum absolute atomic E-state index is 12.8. The van der Waals surface area contributed by atoms with Gasteiger partial charge in [0.25, 0.3) is 0 Å². The van der Waals surface area contributed by atoms with Crippen LogP contribution >= 0.6 is 0 Å². The number of anilines is 2. The molecule has 2 fully saturated rings.